The van der Waals surface area contributed by atoms with Crippen LogP contribution in [0.15, 0.2) is 11.4 Å². The predicted octanol–water partition coefficient (Wildman–Crippen LogP) is 2.47. The molecule has 0 saturated heterocycles. The zero-order valence-electron chi connectivity index (χ0n) is 10.9. The second-order valence-corrected chi connectivity index (χ2v) is 5.51. The predicted molar refractivity (Wildman–Crippen MR) is 72.5 cm³/mol. The number of aliphatic hydroxyl groups is 1. The summed E-state index contributed by atoms with van der Waals surface area (Å²) in [5.74, 6) is 0.891. The lowest BCUT2D eigenvalue weighted by Gasteiger charge is -2.16. The SMILES string of the molecule is CCCNc1ncnc(SC(C)C(C)O)c1C. The Kier molecular flexibility index (Phi) is 5.71. The van der Waals surface area contributed by atoms with E-state index < -0.39 is 0 Å². The third-order valence-electron chi connectivity index (χ3n) is 2.56. The number of hydrogen-bond donors (Lipinski definition) is 2. The summed E-state index contributed by atoms with van der Waals surface area (Å²) in [4.78, 5) is 8.50. The molecule has 1 heterocycles. The summed E-state index contributed by atoms with van der Waals surface area (Å²) in [5.41, 5.74) is 1.05. The molecule has 0 saturated carbocycles. The third-order valence-corrected chi connectivity index (χ3v) is 3.96. The molecule has 0 amide bonds. The van der Waals surface area contributed by atoms with E-state index in [0.29, 0.717) is 0 Å². The highest BCUT2D eigenvalue weighted by Gasteiger charge is 2.14. The molecule has 96 valence electrons. The molecule has 0 aliphatic rings. The van der Waals surface area contributed by atoms with Crippen LogP contribution in [0, 0.1) is 6.92 Å². The summed E-state index contributed by atoms with van der Waals surface area (Å²) in [5, 5.41) is 13.8. The van der Waals surface area contributed by atoms with Crippen LogP contribution in [0.1, 0.15) is 32.8 Å². The number of thioether (sulfide) groups is 1. The van der Waals surface area contributed by atoms with Crippen molar-refractivity contribution in [3.8, 4) is 0 Å². The molecule has 2 unspecified atom stereocenters. The van der Waals surface area contributed by atoms with Gasteiger partial charge in [0.25, 0.3) is 0 Å². The zero-order valence-corrected chi connectivity index (χ0v) is 11.7. The van der Waals surface area contributed by atoms with E-state index in [1.807, 2.05) is 13.8 Å². The molecule has 1 aromatic rings. The van der Waals surface area contributed by atoms with E-state index in [1.54, 1.807) is 25.0 Å². The second kappa shape index (κ2) is 6.81. The van der Waals surface area contributed by atoms with Gasteiger partial charge in [0.05, 0.1) is 6.10 Å². The lowest BCUT2D eigenvalue weighted by atomic mass is 10.3. The molecular formula is C12H21N3OS. The van der Waals surface area contributed by atoms with Crippen LogP contribution < -0.4 is 5.32 Å². The van der Waals surface area contributed by atoms with Crippen molar-refractivity contribution in [3.05, 3.63) is 11.9 Å². The largest absolute Gasteiger partial charge is 0.392 e. The number of hydrogen-bond acceptors (Lipinski definition) is 5. The van der Waals surface area contributed by atoms with Gasteiger partial charge in [0.2, 0.25) is 0 Å². The monoisotopic (exact) mass is 255 g/mol. The van der Waals surface area contributed by atoms with Crippen molar-refractivity contribution in [1.82, 2.24) is 9.97 Å². The lowest BCUT2D eigenvalue weighted by Crippen LogP contribution is -2.15. The highest BCUT2D eigenvalue weighted by molar-refractivity contribution is 7.99. The smallest absolute Gasteiger partial charge is 0.133 e. The molecule has 5 heteroatoms. The van der Waals surface area contributed by atoms with Crippen LogP contribution in [0.5, 0.6) is 0 Å². The van der Waals surface area contributed by atoms with Crippen LogP contribution in [0.4, 0.5) is 5.82 Å². The Bertz CT molecular complexity index is 358. The van der Waals surface area contributed by atoms with Crippen molar-refractivity contribution < 1.29 is 5.11 Å². The van der Waals surface area contributed by atoms with Crippen LogP contribution in [-0.4, -0.2) is 33.0 Å². The van der Waals surface area contributed by atoms with Gasteiger partial charge in [-0.1, -0.05) is 13.8 Å². The van der Waals surface area contributed by atoms with Crippen LogP contribution in [-0.2, 0) is 0 Å². The Labute approximate surface area is 107 Å². The molecule has 2 atom stereocenters. The minimum atomic E-state index is -0.346. The number of aromatic nitrogens is 2. The molecule has 0 fully saturated rings. The number of nitrogens with one attached hydrogen (secondary N) is 1. The maximum Gasteiger partial charge on any atom is 0.133 e. The quantitative estimate of drug-likeness (QED) is 0.604. The molecule has 0 bridgehead atoms. The fraction of sp³-hybridized carbons (Fsp3) is 0.667. The number of nitrogens with zero attached hydrogens (tertiary/aromatic N) is 2. The van der Waals surface area contributed by atoms with Gasteiger partial charge in [0.15, 0.2) is 0 Å². The average molecular weight is 255 g/mol. The highest BCUT2D eigenvalue weighted by atomic mass is 32.2. The molecule has 0 radical (unpaired) electrons. The van der Waals surface area contributed by atoms with Crippen LogP contribution in [0.25, 0.3) is 0 Å². The molecule has 2 N–H and O–H groups in total. The Morgan fingerprint density at radius 2 is 2.12 bits per heavy atom. The lowest BCUT2D eigenvalue weighted by molar-refractivity contribution is 0.196. The van der Waals surface area contributed by atoms with E-state index in [2.05, 4.69) is 22.2 Å². The number of anilines is 1. The molecule has 0 aromatic carbocycles. The van der Waals surface area contributed by atoms with Crippen molar-refractivity contribution in [1.29, 1.82) is 0 Å². The topological polar surface area (TPSA) is 58.0 Å². The molecule has 1 aromatic heterocycles. The minimum Gasteiger partial charge on any atom is -0.392 e. The van der Waals surface area contributed by atoms with E-state index in [1.165, 1.54) is 0 Å². The van der Waals surface area contributed by atoms with E-state index in [0.717, 1.165) is 29.4 Å². The second-order valence-electron chi connectivity index (χ2n) is 4.14. The normalized spacial score (nSPS) is 14.4. The van der Waals surface area contributed by atoms with Crippen LogP contribution in [0.3, 0.4) is 0 Å². The van der Waals surface area contributed by atoms with E-state index in [-0.39, 0.29) is 11.4 Å². The van der Waals surface area contributed by atoms with Gasteiger partial charge in [-0.15, -0.1) is 11.8 Å². The maximum atomic E-state index is 9.50. The highest BCUT2D eigenvalue weighted by Crippen LogP contribution is 2.28. The zero-order chi connectivity index (χ0) is 12.8. The molecule has 1 rings (SSSR count). The van der Waals surface area contributed by atoms with Gasteiger partial charge in [-0.3, -0.25) is 0 Å². The Hall–Kier alpha value is -0.810. The summed E-state index contributed by atoms with van der Waals surface area (Å²) in [6.45, 7) is 8.83. The molecule has 4 nitrogen and oxygen atoms in total. The molecule has 0 aliphatic carbocycles. The Morgan fingerprint density at radius 3 is 2.71 bits per heavy atom. The summed E-state index contributed by atoms with van der Waals surface area (Å²) in [7, 11) is 0. The molecule has 0 spiro atoms. The minimum absolute atomic E-state index is 0.127. The van der Waals surface area contributed by atoms with Crippen LogP contribution >= 0.6 is 11.8 Å². The van der Waals surface area contributed by atoms with Crippen LogP contribution in [0.2, 0.25) is 0 Å². The molecule has 17 heavy (non-hydrogen) atoms. The van der Waals surface area contributed by atoms with E-state index in [9.17, 15) is 5.11 Å². The van der Waals surface area contributed by atoms with Crippen molar-refractivity contribution in [2.45, 2.75) is 50.5 Å². The molecular weight excluding hydrogens is 234 g/mol. The molecule has 0 aliphatic heterocycles. The summed E-state index contributed by atoms with van der Waals surface area (Å²) in [6, 6.07) is 0. The van der Waals surface area contributed by atoms with Gasteiger partial charge in [0.1, 0.15) is 17.2 Å². The van der Waals surface area contributed by atoms with Crippen molar-refractivity contribution in [3.63, 3.8) is 0 Å². The van der Waals surface area contributed by atoms with Crippen molar-refractivity contribution in [2.75, 3.05) is 11.9 Å². The first-order chi connectivity index (χ1) is 8.06. The van der Waals surface area contributed by atoms with Gasteiger partial charge in [0, 0.05) is 17.4 Å². The van der Waals surface area contributed by atoms with E-state index in [4.69, 9.17) is 0 Å². The van der Waals surface area contributed by atoms with E-state index >= 15 is 0 Å². The van der Waals surface area contributed by atoms with Gasteiger partial charge >= 0.3 is 0 Å². The standard InChI is InChI=1S/C12H21N3OS/c1-5-6-13-11-8(2)12(15-7-14-11)17-10(4)9(3)16/h7,9-10,16H,5-6H2,1-4H3,(H,13,14,15). The first kappa shape index (κ1) is 14.3. The number of rotatable bonds is 6. The third kappa shape index (κ3) is 4.16. The fourth-order valence-corrected chi connectivity index (χ4v) is 2.18. The Balaban J connectivity index is 2.79. The van der Waals surface area contributed by atoms with Gasteiger partial charge < -0.3 is 10.4 Å². The van der Waals surface area contributed by atoms with Crippen molar-refractivity contribution >= 4 is 17.6 Å². The maximum absolute atomic E-state index is 9.50. The first-order valence-corrected chi connectivity index (χ1v) is 6.84. The summed E-state index contributed by atoms with van der Waals surface area (Å²) in [6.07, 6.45) is 2.29. The van der Waals surface area contributed by atoms with Gasteiger partial charge in [-0.25, -0.2) is 9.97 Å². The average Bonchev–Trinajstić information content (AvgIpc) is 2.30. The summed E-state index contributed by atoms with van der Waals surface area (Å²) < 4.78 is 0. The fourth-order valence-electron chi connectivity index (χ4n) is 1.25. The van der Waals surface area contributed by atoms with Gasteiger partial charge in [-0.2, -0.15) is 0 Å². The number of aliphatic hydroxyl groups excluding tert-OH is 1. The van der Waals surface area contributed by atoms with Crippen molar-refractivity contribution in [2.24, 2.45) is 0 Å². The Morgan fingerprint density at radius 1 is 1.41 bits per heavy atom. The van der Waals surface area contributed by atoms with Gasteiger partial charge in [-0.05, 0) is 20.3 Å². The first-order valence-electron chi connectivity index (χ1n) is 5.96. The summed E-state index contributed by atoms with van der Waals surface area (Å²) >= 11 is 1.58.